The highest BCUT2D eigenvalue weighted by atomic mass is 16.1. The maximum atomic E-state index is 11.7. The summed E-state index contributed by atoms with van der Waals surface area (Å²) in [7, 11) is 0. The summed E-state index contributed by atoms with van der Waals surface area (Å²) in [5, 5.41) is 2.94. The number of pyridine rings is 1. The molecule has 1 aliphatic rings. The minimum atomic E-state index is 0.0589. The molecule has 1 aromatic rings. The molecule has 3 N–H and O–H groups in total. The predicted molar refractivity (Wildman–Crippen MR) is 85.0 cm³/mol. The molecule has 5 nitrogen and oxygen atoms in total. The molecule has 0 spiro atoms. The number of amides is 1. The molecule has 0 saturated carbocycles. The summed E-state index contributed by atoms with van der Waals surface area (Å²) in [5.41, 5.74) is 6.75. The van der Waals surface area contributed by atoms with Crippen molar-refractivity contribution in [1.29, 1.82) is 0 Å². The maximum absolute atomic E-state index is 11.7. The van der Waals surface area contributed by atoms with Gasteiger partial charge in [-0.15, -0.1) is 0 Å². The van der Waals surface area contributed by atoms with E-state index in [4.69, 9.17) is 5.73 Å². The summed E-state index contributed by atoms with van der Waals surface area (Å²) in [5.74, 6) is 1.08. The standard InChI is InChI=1S/C16H26N4O/c1-13(17)5-6-16(21)19-12-14-7-8-18-15(11-14)20-9-3-2-4-10-20/h7-8,11,13H,2-6,9-10,12,17H2,1H3,(H,19,21). The highest BCUT2D eigenvalue weighted by Gasteiger charge is 2.12. The van der Waals surface area contributed by atoms with Crippen molar-refractivity contribution in [2.45, 2.75) is 51.6 Å². The van der Waals surface area contributed by atoms with Gasteiger partial charge in [-0.05, 0) is 50.3 Å². The third kappa shape index (κ3) is 5.34. The maximum Gasteiger partial charge on any atom is 0.220 e. The highest BCUT2D eigenvalue weighted by Crippen LogP contribution is 2.18. The van der Waals surface area contributed by atoms with E-state index in [1.165, 1.54) is 19.3 Å². The average molecular weight is 290 g/mol. The van der Waals surface area contributed by atoms with Gasteiger partial charge < -0.3 is 16.0 Å². The number of anilines is 1. The minimum absolute atomic E-state index is 0.0589. The van der Waals surface area contributed by atoms with Crippen LogP contribution in [0.4, 0.5) is 5.82 Å². The van der Waals surface area contributed by atoms with Gasteiger partial charge in [0, 0.05) is 38.3 Å². The molecular weight excluding hydrogens is 264 g/mol. The van der Waals surface area contributed by atoms with Crippen molar-refractivity contribution in [3.63, 3.8) is 0 Å². The molecule has 0 bridgehead atoms. The monoisotopic (exact) mass is 290 g/mol. The molecule has 1 amide bonds. The first-order valence-electron chi connectivity index (χ1n) is 7.87. The molecule has 21 heavy (non-hydrogen) atoms. The number of carbonyl (C=O) groups excluding carboxylic acids is 1. The number of nitrogens with zero attached hydrogens (tertiary/aromatic N) is 2. The molecule has 2 rings (SSSR count). The lowest BCUT2D eigenvalue weighted by molar-refractivity contribution is -0.121. The summed E-state index contributed by atoms with van der Waals surface area (Å²) < 4.78 is 0. The Labute approximate surface area is 126 Å². The predicted octanol–water partition coefficient (Wildman–Crippen LogP) is 1.82. The topological polar surface area (TPSA) is 71.2 Å². The third-order valence-electron chi connectivity index (χ3n) is 3.81. The molecule has 5 heteroatoms. The van der Waals surface area contributed by atoms with Gasteiger partial charge >= 0.3 is 0 Å². The van der Waals surface area contributed by atoms with Crippen LogP contribution in [0.25, 0.3) is 0 Å². The normalized spacial score (nSPS) is 16.6. The summed E-state index contributed by atoms with van der Waals surface area (Å²) in [6.07, 6.45) is 6.82. The second-order valence-electron chi connectivity index (χ2n) is 5.86. The second-order valence-corrected chi connectivity index (χ2v) is 5.86. The van der Waals surface area contributed by atoms with Gasteiger partial charge in [-0.2, -0.15) is 0 Å². The molecule has 1 saturated heterocycles. The number of hydrogen-bond donors (Lipinski definition) is 2. The van der Waals surface area contributed by atoms with E-state index in [0.717, 1.165) is 30.9 Å². The Morgan fingerprint density at radius 2 is 2.19 bits per heavy atom. The van der Waals surface area contributed by atoms with Gasteiger partial charge in [-0.3, -0.25) is 4.79 Å². The zero-order valence-corrected chi connectivity index (χ0v) is 12.8. The highest BCUT2D eigenvalue weighted by molar-refractivity contribution is 5.75. The molecule has 1 unspecified atom stereocenters. The molecule has 1 aliphatic heterocycles. The van der Waals surface area contributed by atoms with E-state index in [1.807, 2.05) is 19.2 Å². The molecule has 2 heterocycles. The van der Waals surface area contributed by atoms with E-state index in [-0.39, 0.29) is 11.9 Å². The van der Waals surface area contributed by atoms with Crippen LogP contribution < -0.4 is 16.0 Å². The van der Waals surface area contributed by atoms with Crippen molar-refractivity contribution < 1.29 is 4.79 Å². The number of rotatable bonds is 6. The van der Waals surface area contributed by atoms with E-state index in [0.29, 0.717) is 13.0 Å². The zero-order chi connectivity index (χ0) is 15.1. The molecule has 1 fully saturated rings. The van der Waals surface area contributed by atoms with Crippen molar-refractivity contribution in [3.8, 4) is 0 Å². The van der Waals surface area contributed by atoms with Crippen molar-refractivity contribution in [1.82, 2.24) is 10.3 Å². The largest absolute Gasteiger partial charge is 0.357 e. The number of piperidine rings is 1. The number of hydrogen-bond acceptors (Lipinski definition) is 4. The Bertz CT molecular complexity index is 455. The van der Waals surface area contributed by atoms with Crippen LogP contribution in [0.2, 0.25) is 0 Å². The van der Waals surface area contributed by atoms with Crippen LogP contribution in [0.15, 0.2) is 18.3 Å². The minimum Gasteiger partial charge on any atom is -0.357 e. The summed E-state index contributed by atoms with van der Waals surface area (Å²) in [4.78, 5) is 18.5. The molecule has 0 aliphatic carbocycles. The van der Waals surface area contributed by atoms with Gasteiger partial charge in [0.05, 0.1) is 0 Å². The molecule has 0 radical (unpaired) electrons. The lowest BCUT2D eigenvalue weighted by Crippen LogP contribution is -2.30. The first-order valence-corrected chi connectivity index (χ1v) is 7.87. The van der Waals surface area contributed by atoms with Crippen molar-refractivity contribution in [3.05, 3.63) is 23.9 Å². The Balaban J connectivity index is 1.84. The van der Waals surface area contributed by atoms with Gasteiger partial charge in [-0.1, -0.05) is 0 Å². The fourth-order valence-electron chi connectivity index (χ4n) is 2.51. The van der Waals surface area contributed by atoms with Gasteiger partial charge in [0.1, 0.15) is 5.82 Å². The van der Waals surface area contributed by atoms with Gasteiger partial charge in [0.2, 0.25) is 5.91 Å². The van der Waals surface area contributed by atoms with Crippen LogP contribution in [0, 0.1) is 0 Å². The van der Waals surface area contributed by atoms with Crippen LogP contribution in [0.1, 0.15) is 44.6 Å². The zero-order valence-electron chi connectivity index (χ0n) is 12.8. The van der Waals surface area contributed by atoms with Crippen molar-refractivity contribution >= 4 is 11.7 Å². The lowest BCUT2D eigenvalue weighted by Gasteiger charge is -2.27. The number of nitrogens with one attached hydrogen (secondary N) is 1. The Morgan fingerprint density at radius 1 is 1.43 bits per heavy atom. The van der Waals surface area contributed by atoms with Gasteiger partial charge in [-0.25, -0.2) is 4.98 Å². The first kappa shape index (κ1) is 15.8. The molecule has 116 valence electrons. The van der Waals surface area contributed by atoms with Crippen molar-refractivity contribution in [2.75, 3.05) is 18.0 Å². The smallest absolute Gasteiger partial charge is 0.220 e. The van der Waals surface area contributed by atoms with Crippen LogP contribution in [0.3, 0.4) is 0 Å². The van der Waals surface area contributed by atoms with E-state index >= 15 is 0 Å². The molecule has 0 aromatic carbocycles. The summed E-state index contributed by atoms with van der Waals surface area (Å²) >= 11 is 0. The fourth-order valence-corrected chi connectivity index (χ4v) is 2.51. The van der Waals surface area contributed by atoms with Gasteiger partial charge in [0.15, 0.2) is 0 Å². The molecule has 1 atom stereocenters. The number of carbonyl (C=O) groups is 1. The molecular formula is C16H26N4O. The van der Waals surface area contributed by atoms with Crippen LogP contribution >= 0.6 is 0 Å². The lowest BCUT2D eigenvalue weighted by atomic mass is 10.1. The fraction of sp³-hybridized carbons (Fsp3) is 0.625. The Morgan fingerprint density at radius 3 is 2.90 bits per heavy atom. The van der Waals surface area contributed by atoms with E-state index in [1.54, 1.807) is 0 Å². The number of aromatic nitrogens is 1. The third-order valence-corrected chi connectivity index (χ3v) is 3.81. The van der Waals surface area contributed by atoms with Crippen LogP contribution in [-0.4, -0.2) is 30.0 Å². The SMILES string of the molecule is CC(N)CCC(=O)NCc1ccnc(N2CCCCC2)c1. The Kier molecular flexibility index (Phi) is 5.99. The van der Waals surface area contributed by atoms with Crippen LogP contribution in [-0.2, 0) is 11.3 Å². The van der Waals surface area contributed by atoms with Crippen LogP contribution in [0.5, 0.6) is 0 Å². The van der Waals surface area contributed by atoms with Crippen molar-refractivity contribution in [2.24, 2.45) is 5.73 Å². The second kappa shape index (κ2) is 7.98. The van der Waals surface area contributed by atoms with Gasteiger partial charge in [0.25, 0.3) is 0 Å². The average Bonchev–Trinajstić information content (AvgIpc) is 2.52. The first-order chi connectivity index (χ1) is 10.1. The quantitative estimate of drug-likeness (QED) is 0.838. The number of nitrogens with two attached hydrogens (primary N) is 1. The summed E-state index contributed by atoms with van der Waals surface area (Å²) in [6.45, 7) is 4.64. The molecule has 1 aromatic heterocycles. The van der Waals surface area contributed by atoms with E-state index in [9.17, 15) is 4.79 Å². The summed E-state index contributed by atoms with van der Waals surface area (Å²) in [6, 6.07) is 4.11. The Hall–Kier alpha value is -1.62. The van der Waals surface area contributed by atoms with E-state index in [2.05, 4.69) is 21.3 Å². The van der Waals surface area contributed by atoms with E-state index < -0.39 is 0 Å².